The third-order valence-corrected chi connectivity index (χ3v) is 2.29. The van der Waals surface area contributed by atoms with Gasteiger partial charge in [-0.2, -0.15) is 13.2 Å². The molecule has 0 aliphatic carbocycles. The number of rotatable bonds is 4. The van der Waals surface area contributed by atoms with Crippen LogP contribution in [0, 0.1) is 0 Å². The van der Waals surface area contributed by atoms with Gasteiger partial charge in [0.15, 0.2) is 0 Å². The second-order valence-corrected chi connectivity index (χ2v) is 3.43. The summed E-state index contributed by atoms with van der Waals surface area (Å²) in [5.74, 6) is -3.52. The van der Waals surface area contributed by atoms with Crippen molar-refractivity contribution in [1.29, 1.82) is 0 Å². The number of hydrogen-bond donors (Lipinski definition) is 1. The van der Waals surface area contributed by atoms with Crippen molar-refractivity contribution >= 4 is 5.97 Å². The Labute approximate surface area is 95.8 Å². The molecule has 3 nitrogen and oxygen atoms in total. The van der Waals surface area contributed by atoms with Crippen LogP contribution >= 0.6 is 0 Å². The Hall–Kier alpha value is -1.72. The number of ether oxygens (including phenoxy) is 1. The smallest absolute Gasteiger partial charge is 0.396 e. The van der Waals surface area contributed by atoms with Crippen LogP contribution in [0.4, 0.5) is 13.2 Å². The van der Waals surface area contributed by atoms with Crippen LogP contribution in [0.3, 0.4) is 0 Å². The van der Waals surface area contributed by atoms with Crippen LogP contribution < -0.4 is 4.74 Å². The second-order valence-electron chi connectivity index (χ2n) is 3.43. The van der Waals surface area contributed by atoms with Crippen molar-refractivity contribution in [3.05, 3.63) is 29.8 Å². The zero-order valence-electron chi connectivity index (χ0n) is 8.99. The van der Waals surface area contributed by atoms with Gasteiger partial charge in [-0.1, -0.05) is 18.2 Å². The number of halogens is 3. The largest absolute Gasteiger partial charge is 0.496 e. The third kappa shape index (κ3) is 3.37. The topological polar surface area (TPSA) is 46.5 Å². The summed E-state index contributed by atoms with van der Waals surface area (Å²) in [5, 5.41) is 8.53. The molecular weight excluding hydrogens is 237 g/mol. The molecule has 1 aromatic rings. The van der Waals surface area contributed by atoms with Gasteiger partial charge in [-0.05, 0) is 6.07 Å². The molecule has 17 heavy (non-hydrogen) atoms. The van der Waals surface area contributed by atoms with E-state index in [1.165, 1.54) is 31.4 Å². The Morgan fingerprint density at radius 3 is 2.47 bits per heavy atom. The fraction of sp³-hybridized carbons (Fsp3) is 0.364. The summed E-state index contributed by atoms with van der Waals surface area (Å²) >= 11 is 0. The molecule has 0 saturated heterocycles. The maximum Gasteiger partial charge on any atom is 0.396 e. The Kier molecular flexibility index (Phi) is 3.98. The van der Waals surface area contributed by atoms with Crippen molar-refractivity contribution in [3.63, 3.8) is 0 Å². The van der Waals surface area contributed by atoms with Gasteiger partial charge < -0.3 is 9.84 Å². The molecule has 0 aliphatic rings. The molecule has 0 fully saturated rings. The molecule has 0 saturated carbocycles. The molecule has 0 aliphatic heterocycles. The highest BCUT2D eigenvalue weighted by molar-refractivity contribution is 5.68. The SMILES string of the molecule is COc1ccccc1C(CC(=O)O)C(F)(F)F. The van der Waals surface area contributed by atoms with Crippen LogP contribution in [0.5, 0.6) is 5.75 Å². The molecule has 0 bridgehead atoms. The molecule has 1 atom stereocenters. The first-order valence-corrected chi connectivity index (χ1v) is 4.77. The number of alkyl halides is 3. The average Bonchev–Trinajstić information content (AvgIpc) is 2.24. The average molecular weight is 248 g/mol. The first-order valence-electron chi connectivity index (χ1n) is 4.77. The van der Waals surface area contributed by atoms with Gasteiger partial charge in [0.2, 0.25) is 0 Å². The quantitative estimate of drug-likeness (QED) is 0.891. The van der Waals surface area contributed by atoms with Crippen LogP contribution in [0.15, 0.2) is 24.3 Å². The maximum atomic E-state index is 12.8. The number of methoxy groups -OCH3 is 1. The van der Waals surface area contributed by atoms with E-state index in [0.29, 0.717) is 0 Å². The Morgan fingerprint density at radius 2 is 2.00 bits per heavy atom. The van der Waals surface area contributed by atoms with Gasteiger partial charge in [0.05, 0.1) is 19.4 Å². The lowest BCUT2D eigenvalue weighted by molar-refractivity contribution is -0.163. The van der Waals surface area contributed by atoms with Crippen molar-refractivity contribution in [3.8, 4) is 5.75 Å². The number of carboxylic acid groups (broad SMARTS) is 1. The van der Waals surface area contributed by atoms with Gasteiger partial charge in [-0.15, -0.1) is 0 Å². The molecule has 0 spiro atoms. The summed E-state index contributed by atoms with van der Waals surface area (Å²) in [6.07, 6.45) is -5.63. The highest BCUT2D eigenvalue weighted by atomic mass is 19.4. The number of benzene rings is 1. The number of aliphatic carboxylic acids is 1. The zero-order valence-corrected chi connectivity index (χ0v) is 8.99. The molecule has 0 amide bonds. The van der Waals surface area contributed by atoms with Gasteiger partial charge in [-0.3, -0.25) is 4.79 Å². The van der Waals surface area contributed by atoms with Crippen LogP contribution in [-0.2, 0) is 4.79 Å². The van der Waals surface area contributed by atoms with E-state index in [0.717, 1.165) is 0 Å². The Morgan fingerprint density at radius 1 is 1.41 bits per heavy atom. The maximum absolute atomic E-state index is 12.8. The molecule has 1 aromatic carbocycles. The number of para-hydroxylation sites is 1. The summed E-state index contributed by atoms with van der Waals surface area (Å²) in [7, 11) is 1.24. The highest BCUT2D eigenvalue weighted by Gasteiger charge is 2.43. The standard InChI is InChI=1S/C11H11F3O3/c1-17-9-5-3-2-4-7(9)8(6-10(15)16)11(12,13)14/h2-5,8H,6H2,1H3,(H,15,16). The molecule has 0 radical (unpaired) electrons. The Bertz CT molecular complexity index is 401. The first kappa shape index (κ1) is 13.3. The molecule has 1 rings (SSSR count). The second kappa shape index (κ2) is 5.07. The minimum atomic E-state index is -4.62. The molecule has 0 aromatic heterocycles. The molecule has 6 heteroatoms. The fourth-order valence-electron chi connectivity index (χ4n) is 1.53. The summed E-state index contributed by atoms with van der Waals surface area (Å²) in [4.78, 5) is 10.5. The van der Waals surface area contributed by atoms with Crippen molar-refractivity contribution in [2.45, 2.75) is 18.5 Å². The zero-order chi connectivity index (χ0) is 13.1. The van der Waals surface area contributed by atoms with Crippen molar-refractivity contribution in [2.75, 3.05) is 7.11 Å². The molecule has 1 N–H and O–H groups in total. The summed E-state index contributed by atoms with van der Waals surface area (Å²) in [6, 6.07) is 5.53. The van der Waals surface area contributed by atoms with Crippen LogP contribution in [-0.4, -0.2) is 24.4 Å². The van der Waals surface area contributed by atoms with E-state index in [1.807, 2.05) is 0 Å². The van der Waals surface area contributed by atoms with E-state index in [1.54, 1.807) is 0 Å². The van der Waals surface area contributed by atoms with E-state index < -0.39 is 24.5 Å². The molecule has 94 valence electrons. The van der Waals surface area contributed by atoms with Gasteiger partial charge in [0.25, 0.3) is 0 Å². The number of carboxylic acids is 1. The van der Waals surface area contributed by atoms with Gasteiger partial charge in [-0.25, -0.2) is 0 Å². The minimum absolute atomic E-state index is 0.0380. The van der Waals surface area contributed by atoms with Crippen molar-refractivity contribution in [1.82, 2.24) is 0 Å². The fourth-order valence-corrected chi connectivity index (χ4v) is 1.53. The lowest BCUT2D eigenvalue weighted by atomic mass is 9.94. The molecule has 1 unspecified atom stereocenters. The summed E-state index contributed by atoms with van der Waals surface area (Å²) in [6.45, 7) is 0. The van der Waals surface area contributed by atoms with E-state index in [9.17, 15) is 18.0 Å². The molecule has 0 heterocycles. The van der Waals surface area contributed by atoms with Crippen molar-refractivity contribution in [2.24, 2.45) is 0 Å². The number of hydrogen-bond acceptors (Lipinski definition) is 2. The van der Waals surface area contributed by atoms with E-state index in [4.69, 9.17) is 9.84 Å². The normalized spacial score (nSPS) is 13.2. The first-order chi connectivity index (χ1) is 7.86. The van der Waals surface area contributed by atoms with Crippen LogP contribution in [0.25, 0.3) is 0 Å². The summed E-state index contributed by atoms with van der Waals surface area (Å²) < 4.78 is 43.1. The van der Waals surface area contributed by atoms with E-state index in [-0.39, 0.29) is 11.3 Å². The monoisotopic (exact) mass is 248 g/mol. The van der Waals surface area contributed by atoms with Crippen LogP contribution in [0.1, 0.15) is 17.9 Å². The lowest BCUT2D eigenvalue weighted by Crippen LogP contribution is -2.24. The van der Waals surface area contributed by atoms with Gasteiger partial charge in [0, 0.05) is 5.56 Å². The highest BCUT2D eigenvalue weighted by Crippen LogP contribution is 2.41. The van der Waals surface area contributed by atoms with Gasteiger partial charge >= 0.3 is 12.1 Å². The third-order valence-electron chi connectivity index (χ3n) is 2.29. The van der Waals surface area contributed by atoms with E-state index >= 15 is 0 Å². The predicted octanol–water partition coefficient (Wildman–Crippen LogP) is 2.82. The Balaban J connectivity index is 3.17. The lowest BCUT2D eigenvalue weighted by Gasteiger charge is -2.20. The molecular formula is C11H11F3O3. The van der Waals surface area contributed by atoms with Crippen molar-refractivity contribution < 1.29 is 27.8 Å². The predicted molar refractivity (Wildman–Crippen MR) is 54.0 cm³/mol. The van der Waals surface area contributed by atoms with E-state index in [2.05, 4.69) is 0 Å². The summed E-state index contributed by atoms with van der Waals surface area (Å²) in [5.41, 5.74) is -0.162. The number of carbonyl (C=O) groups is 1. The minimum Gasteiger partial charge on any atom is -0.496 e. The van der Waals surface area contributed by atoms with Crippen LogP contribution in [0.2, 0.25) is 0 Å². The van der Waals surface area contributed by atoms with Gasteiger partial charge in [0.1, 0.15) is 5.75 Å².